The number of aromatic nitrogens is 2. The van der Waals surface area contributed by atoms with E-state index in [2.05, 4.69) is 22.1 Å². The average Bonchev–Trinajstić information content (AvgIpc) is 2.95. The molecule has 0 aliphatic carbocycles. The molecule has 23 heavy (non-hydrogen) atoms. The maximum absolute atomic E-state index is 11.9. The Morgan fingerprint density at radius 1 is 1.39 bits per heavy atom. The summed E-state index contributed by atoms with van der Waals surface area (Å²) in [6, 6.07) is 3.25. The zero-order valence-electron chi connectivity index (χ0n) is 12.5. The monoisotopic (exact) mass is 312 g/mol. The first-order valence-electron chi connectivity index (χ1n) is 7.37. The van der Waals surface area contributed by atoms with Gasteiger partial charge in [-0.3, -0.25) is 19.4 Å². The normalized spacial score (nSPS) is 14.6. The summed E-state index contributed by atoms with van der Waals surface area (Å²) in [6.07, 6.45) is 4.98. The summed E-state index contributed by atoms with van der Waals surface area (Å²) in [7, 11) is 0. The number of fused-ring (bicyclic) bond motifs is 1. The molecule has 2 N–H and O–H groups in total. The maximum atomic E-state index is 11.9. The van der Waals surface area contributed by atoms with Gasteiger partial charge >= 0.3 is 6.03 Å². The zero-order valence-corrected chi connectivity index (χ0v) is 12.5. The minimum atomic E-state index is -0.434. The predicted octanol–water partition coefficient (Wildman–Crippen LogP) is 0.905. The van der Waals surface area contributed by atoms with Gasteiger partial charge in [-0.1, -0.05) is 11.8 Å². The summed E-state index contributed by atoms with van der Waals surface area (Å²) in [4.78, 5) is 29.0. The first kappa shape index (κ1) is 15.1. The number of imidazole rings is 1. The van der Waals surface area contributed by atoms with E-state index < -0.39 is 6.03 Å². The molecule has 0 saturated carbocycles. The number of urea groups is 1. The largest absolute Gasteiger partial charge is 0.396 e. The highest BCUT2D eigenvalue weighted by Gasteiger charge is 2.26. The van der Waals surface area contributed by atoms with Gasteiger partial charge in [0, 0.05) is 37.8 Å². The Balaban J connectivity index is 1.85. The molecule has 3 rings (SSSR count). The highest BCUT2D eigenvalue weighted by atomic mass is 16.3. The number of unbranched alkanes of at least 4 members (excludes halogenated alkanes) is 1. The molecule has 0 spiro atoms. The fourth-order valence-electron chi connectivity index (χ4n) is 2.36. The average molecular weight is 312 g/mol. The topological polar surface area (TPSA) is 86.9 Å². The number of hydrogen-bond acceptors (Lipinski definition) is 4. The quantitative estimate of drug-likeness (QED) is 0.651. The van der Waals surface area contributed by atoms with Gasteiger partial charge in [0.15, 0.2) is 0 Å². The van der Waals surface area contributed by atoms with Gasteiger partial charge in [-0.25, -0.2) is 9.78 Å². The van der Waals surface area contributed by atoms with Crippen LogP contribution in [0.25, 0.3) is 5.65 Å². The van der Waals surface area contributed by atoms with Crippen molar-refractivity contribution in [1.82, 2.24) is 14.7 Å². The Kier molecular flexibility index (Phi) is 4.26. The number of hydrogen-bond donors (Lipinski definition) is 2. The number of pyridine rings is 1. The molecule has 0 atom stereocenters. The number of aliphatic hydroxyl groups is 1. The molecule has 1 aliphatic rings. The number of imide groups is 1. The molecule has 1 saturated heterocycles. The molecule has 1 aliphatic heterocycles. The molecule has 0 radical (unpaired) electrons. The molecular weight excluding hydrogens is 296 g/mol. The standard InChI is InChI=1S/C16H16N4O3/c21-9-3-1-2-4-12-5-7-19-13(10-12)17-11-15(19)20-8-6-14(22)18-16(20)23/h5,7,10-11,21H,1,3,6,8-9H2,(H,18,22,23). The van der Waals surface area contributed by atoms with Crippen molar-refractivity contribution in [3.05, 3.63) is 30.1 Å². The molecule has 7 heteroatoms. The van der Waals surface area contributed by atoms with Crippen LogP contribution in [-0.4, -0.2) is 39.6 Å². The minimum Gasteiger partial charge on any atom is -0.396 e. The van der Waals surface area contributed by atoms with Crippen molar-refractivity contribution in [3.8, 4) is 11.8 Å². The number of carbonyl (C=O) groups is 2. The summed E-state index contributed by atoms with van der Waals surface area (Å²) in [5.41, 5.74) is 1.50. The molecule has 0 unspecified atom stereocenters. The van der Waals surface area contributed by atoms with Crippen LogP contribution in [0, 0.1) is 11.8 Å². The summed E-state index contributed by atoms with van der Waals surface area (Å²) in [5.74, 6) is 6.37. The van der Waals surface area contributed by atoms with E-state index in [1.165, 1.54) is 4.90 Å². The molecule has 2 aromatic rings. The second-order valence-electron chi connectivity index (χ2n) is 5.14. The Morgan fingerprint density at radius 3 is 3.04 bits per heavy atom. The van der Waals surface area contributed by atoms with Crippen LogP contribution in [0.4, 0.5) is 10.6 Å². The summed E-state index contributed by atoms with van der Waals surface area (Å²) in [6.45, 7) is 0.471. The van der Waals surface area contributed by atoms with Crippen LogP contribution in [0.2, 0.25) is 0 Å². The van der Waals surface area contributed by atoms with E-state index in [1.54, 1.807) is 16.8 Å². The lowest BCUT2D eigenvalue weighted by atomic mass is 10.2. The van der Waals surface area contributed by atoms with Crippen LogP contribution in [0.3, 0.4) is 0 Å². The first-order chi connectivity index (χ1) is 11.2. The third-order valence-electron chi connectivity index (χ3n) is 3.52. The third-order valence-corrected chi connectivity index (χ3v) is 3.52. The van der Waals surface area contributed by atoms with Gasteiger partial charge < -0.3 is 5.11 Å². The number of aliphatic hydroxyl groups excluding tert-OH is 1. The van der Waals surface area contributed by atoms with Gasteiger partial charge in [0.1, 0.15) is 11.5 Å². The fraction of sp³-hybridized carbons (Fsp3) is 0.312. The summed E-state index contributed by atoms with van der Waals surface area (Å²) >= 11 is 0. The molecule has 0 aromatic carbocycles. The van der Waals surface area contributed by atoms with Crippen molar-refractivity contribution < 1.29 is 14.7 Å². The molecule has 0 bridgehead atoms. The lowest BCUT2D eigenvalue weighted by Crippen LogP contribution is -2.50. The van der Waals surface area contributed by atoms with Crippen molar-refractivity contribution in [1.29, 1.82) is 0 Å². The van der Waals surface area contributed by atoms with Gasteiger partial charge in [-0.15, -0.1) is 0 Å². The molecule has 3 amide bonds. The van der Waals surface area contributed by atoms with Crippen LogP contribution in [0.1, 0.15) is 24.8 Å². The predicted molar refractivity (Wildman–Crippen MR) is 83.9 cm³/mol. The summed E-state index contributed by atoms with van der Waals surface area (Å²) in [5, 5.41) is 11.0. The van der Waals surface area contributed by atoms with E-state index in [1.807, 2.05) is 12.1 Å². The van der Waals surface area contributed by atoms with Crippen LogP contribution in [0.5, 0.6) is 0 Å². The number of anilines is 1. The van der Waals surface area contributed by atoms with E-state index in [0.717, 1.165) is 5.56 Å². The van der Waals surface area contributed by atoms with Crippen LogP contribution >= 0.6 is 0 Å². The SMILES string of the molecule is O=C1CCN(c2cnc3cc(C#CCCCO)ccn23)C(=O)N1. The lowest BCUT2D eigenvalue weighted by Gasteiger charge is -2.25. The van der Waals surface area contributed by atoms with Crippen molar-refractivity contribution >= 4 is 23.4 Å². The Morgan fingerprint density at radius 2 is 2.26 bits per heavy atom. The maximum Gasteiger partial charge on any atom is 0.329 e. The van der Waals surface area contributed by atoms with Gasteiger partial charge in [0.2, 0.25) is 5.91 Å². The van der Waals surface area contributed by atoms with Crippen molar-refractivity contribution in [2.75, 3.05) is 18.1 Å². The Bertz CT molecular complexity index is 816. The molecular formula is C16H16N4O3. The van der Waals surface area contributed by atoms with Crippen molar-refractivity contribution in [2.45, 2.75) is 19.3 Å². The number of nitrogens with zero attached hydrogens (tertiary/aromatic N) is 3. The number of amides is 3. The number of nitrogens with one attached hydrogen (secondary N) is 1. The van der Waals surface area contributed by atoms with Crippen molar-refractivity contribution in [3.63, 3.8) is 0 Å². The minimum absolute atomic E-state index is 0.137. The molecule has 3 heterocycles. The van der Waals surface area contributed by atoms with E-state index >= 15 is 0 Å². The van der Waals surface area contributed by atoms with Gasteiger partial charge in [-0.2, -0.15) is 0 Å². The zero-order chi connectivity index (χ0) is 16.2. The van der Waals surface area contributed by atoms with E-state index in [9.17, 15) is 9.59 Å². The first-order valence-corrected chi connectivity index (χ1v) is 7.37. The van der Waals surface area contributed by atoms with Crippen LogP contribution < -0.4 is 10.2 Å². The lowest BCUT2D eigenvalue weighted by molar-refractivity contribution is -0.120. The van der Waals surface area contributed by atoms with E-state index in [0.29, 0.717) is 30.9 Å². The Hall–Kier alpha value is -2.85. The Labute approximate surface area is 132 Å². The molecule has 118 valence electrons. The number of rotatable bonds is 3. The van der Waals surface area contributed by atoms with Gasteiger partial charge in [0.05, 0.1) is 6.20 Å². The van der Waals surface area contributed by atoms with E-state index in [-0.39, 0.29) is 18.9 Å². The summed E-state index contributed by atoms with van der Waals surface area (Å²) < 4.78 is 1.79. The van der Waals surface area contributed by atoms with E-state index in [4.69, 9.17) is 5.11 Å². The third kappa shape index (κ3) is 3.17. The van der Waals surface area contributed by atoms with Gasteiger partial charge in [0.25, 0.3) is 0 Å². The number of carbonyl (C=O) groups excluding carboxylic acids is 2. The smallest absolute Gasteiger partial charge is 0.329 e. The fourth-order valence-corrected chi connectivity index (χ4v) is 2.36. The highest BCUT2D eigenvalue weighted by molar-refractivity contribution is 6.05. The van der Waals surface area contributed by atoms with Crippen LogP contribution in [-0.2, 0) is 4.79 Å². The molecule has 1 fully saturated rings. The molecule has 2 aromatic heterocycles. The van der Waals surface area contributed by atoms with Crippen LogP contribution in [0.15, 0.2) is 24.5 Å². The molecule has 7 nitrogen and oxygen atoms in total. The van der Waals surface area contributed by atoms with Gasteiger partial charge in [-0.05, 0) is 18.6 Å². The second-order valence-corrected chi connectivity index (χ2v) is 5.14. The highest BCUT2D eigenvalue weighted by Crippen LogP contribution is 2.19. The second kappa shape index (κ2) is 6.50. The van der Waals surface area contributed by atoms with Crippen molar-refractivity contribution in [2.24, 2.45) is 0 Å².